The van der Waals surface area contributed by atoms with Crippen molar-refractivity contribution < 1.29 is 14.3 Å². The van der Waals surface area contributed by atoms with E-state index in [9.17, 15) is 4.79 Å². The van der Waals surface area contributed by atoms with Crippen LogP contribution in [0.3, 0.4) is 0 Å². The van der Waals surface area contributed by atoms with Crippen LogP contribution in [-0.4, -0.2) is 43.1 Å². The lowest BCUT2D eigenvalue weighted by molar-refractivity contribution is 0.0435. The van der Waals surface area contributed by atoms with E-state index in [2.05, 4.69) is 17.2 Å². The molecule has 0 aliphatic heterocycles. The van der Waals surface area contributed by atoms with Crippen LogP contribution in [-0.2, 0) is 15.9 Å². The topological polar surface area (TPSA) is 66.6 Å². The SMILES string of the molecule is CCc1c(Cl)c[nH]c1N(C)C(C)OCCNC(=O)OC(C)(C)C. The van der Waals surface area contributed by atoms with E-state index >= 15 is 0 Å². The number of hydrogen-bond acceptors (Lipinski definition) is 4. The number of carbonyl (C=O) groups is 1. The van der Waals surface area contributed by atoms with Gasteiger partial charge in [0.1, 0.15) is 17.6 Å². The summed E-state index contributed by atoms with van der Waals surface area (Å²) in [6, 6.07) is 0. The standard InChI is InChI=1S/C16H28ClN3O3/c1-7-12-13(17)10-19-14(12)20(6)11(2)22-9-8-18-15(21)23-16(3,4)5/h10-11,19H,7-9H2,1-6H3,(H,18,21). The summed E-state index contributed by atoms with van der Waals surface area (Å²) in [5.41, 5.74) is 0.568. The van der Waals surface area contributed by atoms with Gasteiger partial charge in [0.25, 0.3) is 0 Å². The molecule has 2 N–H and O–H groups in total. The summed E-state index contributed by atoms with van der Waals surface area (Å²) in [6.45, 7) is 10.3. The molecule has 1 aromatic heterocycles. The van der Waals surface area contributed by atoms with Crippen LogP contribution in [0.1, 0.15) is 40.2 Å². The van der Waals surface area contributed by atoms with Gasteiger partial charge in [0.05, 0.1) is 11.6 Å². The number of carbonyl (C=O) groups excluding carboxylic acids is 1. The van der Waals surface area contributed by atoms with E-state index in [0.29, 0.717) is 13.2 Å². The number of alkyl carbamates (subject to hydrolysis) is 1. The highest BCUT2D eigenvalue weighted by Crippen LogP contribution is 2.27. The van der Waals surface area contributed by atoms with Gasteiger partial charge in [0, 0.05) is 25.4 Å². The zero-order chi connectivity index (χ0) is 17.6. The molecule has 1 amide bonds. The van der Waals surface area contributed by atoms with Crippen molar-refractivity contribution in [3.05, 3.63) is 16.8 Å². The van der Waals surface area contributed by atoms with Gasteiger partial charge in [-0.25, -0.2) is 4.79 Å². The Kier molecular flexibility index (Phi) is 7.22. The average Bonchev–Trinajstić information content (AvgIpc) is 2.81. The fourth-order valence-corrected chi connectivity index (χ4v) is 2.34. The first-order valence-corrected chi connectivity index (χ1v) is 8.20. The number of halogens is 1. The van der Waals surface area contributed by atoms with E-state index in [4.69, 9.17) is 21.1 Å². The molecule has 0 aliphatic carbocycles. The molecule has 0 saturated heterocycles. The number of hydrogen-bond donors (Lipinski definition) is 2. The first-order chi connectivity index (χ1) is 10.7. The lowest BCUT2D eigenvalue weighted by Crippen LogP contribution is -2.37. The van der Waals surface area contributed by atoms with Gasteiger partial charge in [-0.2, -0.15) is 0 Å². The molecule has 1 heterocycles. The van der Waals surface area contributed by atoms with Gasteiger partial charge in [-0.3, -0.25) is 0 Å². The second-order valence-electron chi connectivity index (χ2n) is 6.33. The van der Waals surface area contributed by atoms with E-state index in [-0.39, 0.29) is 6.23 Å². The third kappa shape index (κ3) is 6.31. The van der Waals surface area contributed by atoms with E-state index in [1.54, 1.807) is 6.20 Å². The Balaban J connectivity index is 2.39. The monoisotopic (exact) mass is 345 g/mol. The summed E-state index contributed by atoms with van der Waals surface area (Å²) in [5.74, 6) is 0.949. The summed E-state index contributed by atoms with van der Waals surface area (Å²) >= 11 is 6.15. The highest BCUT2D eigenvalue weighted by atomic mass is 35.5. The minimum absolute atomic E-state index is 0.157. The number of aromatic nitrogens is 1. The molecule has 0 spiro atoms. The molecule has 1 atom stereocenters. The van der Waals surface area contributed by atoms with Crippen LogP contribution in [0.25, 0.3) is 0 Å². The van der Waals surface area contributed by atoms with Gasteiger partial charge in [-0.05, 0) is 34.1 Å². The number of nitrogens with zero attached hydrogens (tertiary/aromatic N) is 1. The van der Waals surface area contributed by atoms with Crippen LogP contribution >= 0.6 is 11.6 Å². The molecule has 1 unspecified atom stereocenters. The summed E-state index contributed by atoms with van der Waals surface area (Å²) in [7, 11) is 1.94. The number of H-pyrrole nitrogens is 1. The highest BCUT2D eigenvalue weighted by molar-refractivity contribution is 6.31. The van der Waals surface area contributed by atoms with Crippen LogP contribution in [0, 0.1) is 0 Å². The highest BCUT2D eigenvalue weighted by Gasteiger charge is 2.18. The van der Waals surface area contributed by atoms with Gasteiger partial charge >= 0.3 is 6.09 Å². The maximum Gasteiger partial charge on any atom is 0.407 e. The van der Waals surface area contributed by atoms with Crippen molar-refractivity contribution in [3.63, 3.8) is 0 Å². The van der Waals surface area contributed by atoms with Crippen molar-refractivity contribution in [3.8, 4) is 0 Å². The Hall–Kier alpha value is -1.40. The normalized spacial score (nSPS) is 12.8. The summed E-state index contributed by atoms with van der Waals surface area (Å²) in [4.78, 5) is 16.7. The molecule has 7 heteroatoms. The number of amides is 1. The fraction of sp³-hybridized carbons (Fsp3) is 0.688. The Morgan fingerprint density at radius 1 is 1.48 bits per heavy atom. The van der Waals surface area contributed by atoms with Crippen molar-refractivity contribution >= 4 is 23.5 Å². The van der Waals surface area contributed by atoms with E-state index in [0.717, 1.165) is 22.8 Å². The second kappa shape index (κ2) is 8.45. The van der Waals surface area contributed by atoms with Crippen LogP contribution in [0.5, 0.6) is 0 Å². The maximum atomic E-state index is 11.5. The lowest BCUT2D eigenvalue weighted by Gasteiger charge is -2.27. The predicted molar refractivity (Wildman–Crippen MR) is 93.2 cm³/mol. The van der Waals surface area contributed by atoms with Crippen LogP contribution in [0.4, 0.5) is 10.6 Å². The number of nitrogens with one attached hydrogen (secondary N) is 2. The molecule has 132 valence electrons. The molecule has 6 nitrogen and oxygen atoms in total. The van der Waals surface area contributed by atoms with E-state index in [1.807, 2.05) is 39.6 Å². The van der Waals surface area contributed by atoms with Crippen molar-refractivity contribution in [2.45, 2.75) is 52.9 Å². The quantitative estimate of drug-likeness (QED) is 0.585. The van der Waals surface area contributed by atoms with Gasteiger partial charge < -0.3 is 24.7 Å². The molecule has 0 radical (unpaired) electrons. The van der Waals surface area contributed by atoms with E-state index in [1.165, 1.54) is 0 Å². The number of ether oxygens (including phenoxy) is 2. The third-order valence-corrected chi connectivity index (χ3v) is 3.63. The molecule has 0 saturated carbocycles. The van der Waals surface area contributed by atoms with Gasteiger partial charge in [-0.15, -0.1) is 0 Å². The Bertz CT molecular complexity index is 511. The molecule has 0 fully saturated rings. The van der Waals surface area contributed by atoms with E-state index < -0.39 is 11.7 Å². The molecule has 0 aliphatic rings. The first-order valence-electron chi connectivity index (χ1n) is 7.82. The molecule has 0 aromatic carbocycles. The smallest absolute Gasteiger partial charge is 0.407 e. The van der Waals surface area contributed by atoms with Crippen molar-refractivity contribution in [1.82, 2.24) is 10.3 Å². The third-order valence-electron chi connectivity index (χ3n) is 3.29. The molecule has 23 heavy (non-hydrogen) atoms. The molecule has 1 rings (SSSR count). The Morgan fingerprint density at radius 2 is 2.13 bits per heavy atom. The molecule has 0 bridgehead atoms. The zero-order valence-electron chi connectivity index (χ0n) is 14.8. The number of aromatic amines is 1. The summed E-state index contributed by atoms with van der Waals surface area (Å²) < 4.78 is 10.9. The fourth-order valence-electron chi connectivity index (χ4n) is 2.06. The summed E-state index contributed by atoms with van der Waals surface area (Å²) in [5, 5.41) is 3.40. The largest absolute Gasteiger partial charge is 0.444 e. The minimum Gasteiger partial charge on any atom is -0.444 e. The molecular formula is C16H28ClN3O3. The van der Waals surface area contributed by atoms with Crippen molar-refractivity contribution in [2.24, 2.45) is 0 Å². The van der Waals surface area contributed by atoms with Gasteiger partial charge in [-0.1, -0.05) is 18.5 Å². The number of rotatable bonds is 7. The Morgan fingerprint density at radius 3 is 2.70 bits per heavy atom. The van der Waals surface area contributed by atoms with Crippen molar-refractivity contribution in [1.29, 1.82) is 0 Å². The lowest BCUT2D eigenvalue weighted by atomic mass is 10.2. The van der Waals surface area contributed by atoms with Crippen LogP contribution in [0.2, 0.25) is 5.02 Å². The zero-order valence-corrected chi connectivity index (χ0v) is 15.6. The summed E-state index contributed by atoms with van der Waals surface area (Å²) in [6.07, 6.45) is 2.03. The Labute approximate surface area is 143 Å². The van der Waals surface area contributed by atoms with Gasteiger partial charge in [0.2, 0.25) is 0 Å². The van der Waals surface area contributed by atoms with Gasteiger partial charge in [0.15, 0.2) is 0 Å². The van der Waals surface area contributed by atoms with Crippen molar-refractivity contribution in [2.75, 3.05) is 25.1 Å². The predicted octanol–water partition coefficient (Wildman–Crippen LogP) is 3.55. The minimum atomic E-state index is -0.498. The second-order valence-corrected chi connectivity index (χ2v) is 6.73. The van der Waals surface area contributed by atoms with Crippen LogP contribution < -0.4 is 10.2 Å². The average molecular weight is 346 g/mol. The maximum absolute atomic E-state index is 11.5. The van der Waals surface area contributed by atoms with Crippen LogP contribution in [0.15, 0.2) is 6.20 Å². The first kappa shape index (κ1) is 19.6. The number of anilines is 1. The molecule has 1 aromatic rings. The molecular weight excluding hydrogens is 318 g/mol.